The molecule has 2 aromatic carbocycles. The first-order valence-corrected chi connectivity index (χ1v) is 9.68. The molecule has 3 rings (SSSR count). The SMILES string of the molecule is COC(=O)N[C@H](Cc1ccc(-c2ccccc2)cc1)C(=O)C1C(=O)OC(C)(C)OC1=O. The largest absolute Gasteiger partial charge is 0.453 e. The lowest BCUT2D eigenvalue weighted by Crippen LogP contribution is -2.54. The van der Waals surface area contributed by atoms with Crippen molar-refractivity contribution >= 4 is 23.8 Å². The lowest BCUT2D eigenvalue weighted by Gasteiger charge is -2.33. The van der Waals surface area contributed by atoms with E-state index in [0.29, 0.717) is 5.56 Å². The van der Waals surface area contributed by atoms with E-state index in [9.17, 15) is 19.2 Å². The van der Waals surface area contributed by atoms with Crippen LogP contribution in [0.5, 0.6) is 0 Å². The Hall–Kier alpha value is -3.68. The smallest absolute Gasteiger partial charge is 0.407 e. The van der Waals surface area contributed by atoms with Gasteiger partial charge in [-0.05, 0) is 23.1 Å². The van der Waals surface area contributed by atoms with E-state index in [-0.39, 0.29) is 6.42 Å². The third-order valence-corrected chi connectivity index (χ3v) is 4.77. The molecule has 1 aliphatic heterocycles. The minimum absolute atomic E-state index is 0.0451. The average molecular weight is 425 g/mol. The van der Waals surface area contributed by atoms with Crippen LogP contribution in [-0.4, -0.2) is 42.8 Å². The lowest BCUT2D eigenvalue weighted by atomic mass is 9.92. The van der Waals surface area contributed by atoms with Gasteiger partial charge in [-0.3, -0.25) is 14.4 Å². The van der Waals surface area contributed by atoms with Crippen molar-refractivity contribution in [1.29, 1.82) is 0 Å². The summed E-state index contributed by atoms with van der Waals surface area (Å²) in [5.41, 5.74) is 2.73. The van der Waals surface area contributed by atoms with Gasteiger partial charge in [0.2, 0.25) is 5.92 Å². The van der Waals surface area contributed by atoms with Crippen molar-refractivity contribution in [2.75, 3.05) is 7.11 Å². The fourth-order valence-corrected chi connectivity index (χ4v) is 3.28. The monoisotopic (exact) mass is 425 g/mol. The number of rotatable bonds is 6. The molecule has 0 unspecified atom stereocenters. The fourth-order valence-electron chi connectivity index (χ4n) is 3.28. The van der Waals surface area contributed by atoms with Gasteiger partial charge in [-0.1, -0.05) is 54.6 Å². The summed E-state index contributed by atoms with van der Waals surface area (Å²) in [6, 6.07) is 15.9. The van der Waals surface area contributed by atoms with Crippen molar-refractivity contribution in [3.63, 3.8) is 0 Å². The number of hydrogen-bond donors (Lipinski definition) is 1. The van der Waals surface area contributed by atoms with Crippen molar-refractivity contribution < 1.29 is 33.4 Å². The number of benzene rings is 2. The zero-order chi connectivity index (χ0) is 22.6. The molecule has 1 saturated heterocycles. The summed E-state index contributed by atoms with van der Waals surface area (Å²) in [6.07, 6.45) is -0.819. The molecule has 8 heteroatoms. The third-order valence-electron chi connectivity index (χ3n) is 4.77. The molecule has 1 fully saturated rings. The Balaban J connectivity index is 1.81. The normalized spacial score (nSPS) is 16.6. The molecule has 0 spiro atoms. The Bertz CT molecular complexity index is 963. The van der Waals surface area contributed by atoms with Crippen LogP contribution in [0.15, 0.2) is 54.6 Å². The van der Waals surface area contributed by atoms with Gasteiger partial charge >= 0.3 is 18.0 Å². The van der Waals surface area contributed by atoms with Crippen LogP contribution in [0.3, 0.4) is 0 Å². The van der Waals surface area contributed by atoms with Crippen molar-refractivity contribution in [1.82, 2.24) is 5.32 Å². The van der Waals surface area contributed by atoms with E-state index in [2.05, 4.69) is 10.1 Å². The van der Waals surface area contributed by atoms with Gasteiger partial charge in [-0.25, -0.2) is 4.79 Å². The second-order valence-corrected chi connectivity index (χ2v) is 7.53. The number of Topliss-reactive ketones (excluding diaryl/α,β-unsaturated/α-hetero) is 1. The van der Waals surface area contributed by atoms with Crippen LogP contribution in [0.25, 0.3) is 11.1 Å². The zero-order valence-electron chi connectivity index (χ0n) is 17.4. The predicted molar refractivity (Wildman–Crippen MR) is 110 cm³/mol. The maximum atomic E-state index is 13.0. The molecule has 1 N–H and O–H groups in total. The van der Waals surface area contributed by atoms with Crippen LogP contribution in [0.2, 0.25) is 0 Å². The van der Waals surface area contributed by atoms with Gasteiger partial charge in [-0.2, -0.15) is 0 Å². The molecule has 162 valence electrons. The predicted octanol–water partition coefficient (Wildman–Crippen LogP) is 2.64. The number of cyclic esters (lactones) is 2. The molecule has 31 heavy (non-hydrogen) atoms. The zero-order valence-corrected chi connectivity index (χ0v) is 17.4. The average Bonchev–Trinajstić information content (AvgIpc) is 2.72. The van der Waals surface area contributed by atoms with Crippen LogP contribution < -0.4 is 5.32 Å². The quantitative estimate of drug-likeness (QED) is 0.560. The Morgan fingerprint density at radius 1 is 0.968 bits per heavy atom. The van der Waals surface area contributed by atoms with E-state index in [1.54, 1.807) is 0 Å². The standard InChI is InChI=1S/C23H23NO7/c1-23(2)30-20(26)18(21(27)31-23)19(25)17(24-22(28)29-3)13-14-9-11-16(12-10-14)15-7-5-4-6-8-15/h4-12,17-18H,13H2,1-3H3,(H,24,28)/t17-/m1/s1. The molecule has 0 bridgehead atoms. The highest BCUT2D eigenvalue weighted by molar-refractivity contribution is 6.17. The second-order valence-electron chi connectivity index (χ2n) is 7.53. The second kappa shape index (κ2) is 8.99. The Morgan fingerprint density at radius 2 is 1.52 bits per heavy atom. The lowest BCUT2D eigenvalue weighted by molar-refractivity contribution is -0.238. The Kier molecular flexibility index (Phi) is 6.39. The van der Waals surface area contributed by atoms with E-state index >= 15 is 0 Å². The highest BCUT2D eigenvalue weighted by atomic mass is 16.7. The molecule has 1 heterocycles. The number of carbonyl (C=O) groups excluding carboxylic acids is 4. The van der Waals surface area contributed by atoms with Crippen molar-refractivity contribution in [2.24, 2.45) is 5.92 Å². The number of carbonyl (C=O) groups is 4. The molecule has 2 aromatic rings. The molecule has 0 radical (unpaired) electrons. The third kappa shape index (κ3) is 5.28. The number of esters is 2. The number of amides is 1. The van der Waals surface area contributed by atoms with Crippen molar-refractivity contribution in [3.05, 3.63) is 60.2 Å². The number of methoxy groups -OCH3 is 1. The van der Waals surface area contributed by atoms with E-state index in [4.69, 9.17) is 9.47 Å². The molecular formula is C23H23NO7. The molecule has 0 aromatic heterocycles. The summed E-state index contributed by atoms with van der Waals surface area (Å²) in [5, 5.41) is 2.39. The summed E-state index contributed by atoms with van der Waals surface area (Å²) in [6.45, 7) is 2.78. The molecule has 0 saturated carbocycles. The Morgan fingerprint density at radius 3 is 2.06 bits per heavy atom. The van der Waals surface area contributed by atoms with Crippen LogP contribution in [0.1, 0.15) is 19.4 Å². The van der Waals surface area contributed by atoms with Crippen LogP contribution in [-0.2, 0) is 35.0 Å². The first kappa shape index (κ1) is 22.0. The highest BCUT2D eigenvalue weighted by Gasteiger charge is 2.49. The van der Waals surface area contributed by atoms with Gasteiger partial charge in [0.1, 0.15) is 0 Å². The summed E-state index contributed by atoms with van der Waals surface area (Å²) in [7, 11) is 1.15. The molecule has 1 aliphatic rings. The van der Waals surface area contributed by atoms with E-state index in [1.807, 2.05) is 54.6 Å². The molecule has 1 amide bonds. The molecule has 0 aliphatic carbocycles. The molecule has 1 atom stereocenters. The summed E-state index contributed by atoms with van der Waals surface area (Å²) in [5.74, 6) is -6.09. The van der Waals surface area contributed by atoms with Gasteiger partial charge in [0.25, 0.3) is 5.79 Å². The molecule has 8 nitrogen and oxygen atoms in total. The van der Waals surface area contributed by atoms with Gasteiger partial charge in [0.15, 0.2) is 5.78 Å². The van der Waals surface area contributed by atoms with E-state index < -0.39 is 41.6 Å². The Labute approximate surface area is 179 Å². The van der Waals surface area contributed by atoms with Crippen LogP contribution in [0, 0.1) is 5.92 Å². The minimum atomic E-state index is -1.78. The number of nitrogens with one attached hydrogen (secondary N) is 1. The summed E-state index contributed by atoms with van der Waals surface area (Å²) >= 11 is 0. The van der Waals surface area contributed by atoms with Crippen molar-refractivity contribution in [2.45, 2.75) is 32.1 Å². The summed E-state index contributed by atoms with van der Waals surface area (Å²) < 4.78 is 14.6. The maximum Gasteiger partial charge on any atom is 0.407 e. The van der Waals surface area contributed by atoms with Crippen molar-refractivity contribution in [3.8, 4) is 11.1 Å². The van der Waals surface area contributed by atoms with Gasteiger partial charge in [0, 0.05) is 13.8 Å². The minimum Gasteiger partial charge on any atom is -0.453 e. The first-order chi connectivity index (χ1) is 14.7. The van der Waals surface area contributed by atoms with Crippen LogP contribution in [0.4, 0.5) is 4.79 Å². The first-order valence-electron chi connectivity index (χ1n) is 9.68. The number of ketones is 1. The van der Waals surface area contributed by atoms with E-state index in [0.717, 1.165) is 18.2 Å². The highest BCUT2D eigenvalue weighted by Crippen LogP contribution is 2.25. The molecular weight excluding hydrogens is 402 g/mol. The number of hydrogen-bond acceptors (Lipinski definition) is 7. The summed E-state index contributed by atoms with van der Waals surface area (Å²) in [4.78, 5) is 49.4. The fraction of sp³-hybridized carbons (Fsp3) is 0.304. The number of alkyl carbamates (subject to hydrolysis) is 1. The number of ether oxygens (including phenoxy) is 3. The maximum absolute atomic E-state index is 13.0. The van der Waals surface area contributed by atoms with E-state index in [1.165, 1.54) is 13.8 Å². The van der Waals surface area contributed by atoms with Gasteiger partial charge in [0.05, 0.1) is 13.2 Å². The van der Waals surface area contributed by atoms with Gasteiger partial charge < -0.3 is 19.5 Å². The van der Waals surface area contributed by atoms with Gasteiger partial charge in [-0.15, -0.1) is 0 Å². The van der Waals surface area contributed by atoms with Crippen LogP contribution >= 0.6 is 0 Å². The topological polar surface area (TPSA) is 108 Å².